The smallest absolute Gasteiger partial charge is 0.314 e. The van der Waals surface area contributed by atoms with Gasteiger partial charge in [-0.1, -0.05) is 5.16 Å². The molecular formula is C10H16N4O5. The zero-order valence-electron chi connectivity index (χ0n) is 10.4. The molecule has 0 aliphatic rings. The molecule has 1 heterocycles. The Kier molecular flexibility index (Phi) is 5.24. The number of urea groups is 1. The zero-order chi connectivity index (χ0) is 14.3. The lowest BCUT2D eigenvalue weighted by Crippen LogP contribution is -2.46. The molecule has 0 saturated heterocycles. The highest BCUT2D eigenvalue weighted by Crippen LogP contribution is 2.06. The molecule has 9 heteroatoms. The van der Waals surface area contributed by atoms with Crippen molar-refractivity contribution in [2.45, 2.75) is 25.4 Å². The molecule has 0 saturated carbocycles. The van der Waals surface area contributed by atoms with Crippen LogP contribution in [0, 0.1) is 0 Å². The maximum atomic E-state index is 11.4. The Morgan fingerprint density at radius 3 is 2.79 bits per heavy atom. The summed E-state index contributed by atoms with van der Waals surface area (Å²) in [6.45, 7) is 1.47. The molecular weight excluding hydrogens is 256 g/mol. The first-order valence-corrected chi connectivity index (χ1v) is 5.60. The number of hydrogen-bond donors (Lipinski definition) is 4. The molecule has 0 spiro atoms. The van der Waals surface area contributed by atoms with Gasteiger partial charge in [0.2, 0.25) is 6.39 Å². The summed E-state index contributed by atoms with van der Waals surface area (Å²) < 4.78 is 4.52. The summed E-state index contributed by atoms with van der Waals surface area (Å²) in [5.74, 6) is -0.664. The molecule has 106 valence electrons. The number of aromatic nitrogens is 2. The van der Waals surface area contributed by atoms with E-state index in [4.69, 9.17) is 5.11 Å². The SMILES string of the molecule is CC(O)(CNC(=O)NCCc1ncon1)CC(=O)O. The summed E-state index contributed by atoms with van der Waals surface area (Å²) in [5, 5.41) is 26.7. The highest BCUT2D eigenvalue weighted by atomic mass is 16.5. The Morgan fingerprint density at radius 2 is 2.21 bits per heavy atom. The van der Waals surface area contributed by atoms with Crippen molar-refractivity contribution in [2.24, 2.45) is 0 Å². The van der Waals surface area contributed by atoms with Gasteiger partial charge in [0, 0.05) is 19.5 Å². The quantitative estimate of drug-likeness (QED) is 0.506. The van der Waals surface area contributed by atoms with E-state index in [9.17, 15) is 14.7 Å². The van der Waals surface area contributed by atoms with E-state index in [1.807, 2.05) is 0 Å². The van der Waals surface area contributed by atoms with Crippen LogP contribution in [0.1, 0.15) is 19.2 Å². The second-order valence-corrected chi connectivity index (χ2v) is 4.27. The summed E-state index contributed by atoms with van der Waals surface area (Å²) >= 11 is 0. The van der Waals surface area contributed by atoms with Gasteiger partial charge in [0.25, 0.3) is 0 Å². The Morgan fingerprint density at radius 1 is 1.47 bits per heavy atom. The third kappa shape index (κ3) is 6.36. The fourth-order valence-corrected chi connectivity index (χ4v) is 1.31. The summed E-state index contributed by atoms with van der Waals surface area (Å²) in [5.41, 5.74) is -1.49. The maximum absolute atomic E-state index is 11.4. The first-order chi connectivity index (χ1) is 8.89. The Bertz CT molecular complexity index is 418. The third-order valence-electron chi connectivity index (χ3n) is 2.20. The van der Waals surface area contributed by atoms with Crippen molar-refractivity contribution in [2.75, 3.05) is 13.1 Å². The van der Waals surface area contributed by atoms with E-state index >= 15 is 0 Å². The van der Waals surface area contributed by atoms with Crippen molar-refractivity contribution in [3.05, 3.63) is 12.2 Å². The first-order valence-electron chi connectivity index (χ1n) is 5.60. The summed E-state index contributed by atoms with van der Waals surface area (Å²) in [7, 11) is 0. The monoisotopic (exact) mass is 272 g/mol. The molecule has 4 N–H and O–H groups in total. The standard InChI is InChI=1S/C10H16N4O5/c1-10(18,4-8(15)16)5-12-9(17)11-3-2-7-13-6-19-14-7/h6,18H,2-5H2,1H3,(H,15,16)(H2,11,12,17). The van der Waals surface area contributed by atoms with Crippen LogP contribution in [0.25, 0.3) is 0 Å². The van der Waals surface area contributed by atoms with E-state index < -0.39 is 24.0 Å². The highest BCUT2D eigenvalue weighted by Gasteiger charge is 2.24. The van der Waals surface area contributed by atoms with Gasteiger partial charge in [-0.15, -0.1) is 0 Å². The van der Waals surface area contributed by atoms with Crippen LogP contribution in [-0.4, -0.2) is 51.0 Å². The molecule has 0 bridgehead atoms. The molecule has 2 amide bonds. The van der Waals surface area contributed by atoms with Crippen LogP contribution in [0.4, 0.5) is 4.79 Å². The number of nitrogens with zero attached hydrogens (tertiary/aromatic N) is 2. The van der Waals surface area contributed by atoms with Crippen LogP contribution in [0.5, 0.6) is 0 Å². The van der Waals surface area contributed by atoms with Gasteiger partial charge >= 0.3 is 12.0 Å². The van der Waals surface area contributed by atoms with Gasteiger partial charge < -0.3 is 25.4 Å². The Hall–Kier alpha value is -2.16. The molecule has 0 aromatic carbocycles. The van der Waals surface area contributed by atoms with Crippen LogP contribution in [0.15, 0.2) is 10.9 Å². The minimum atomic E-state index is -1.49. The van der Waals surface area contributed by atoms with E-state index in [0.717, 1.165) is 0 Å². The molecule has 1 atom stereocenters. The van der Waals surface area contributed by atoms with Gasteiger partial charge in [0.05, 0.1) is 12.0 Å². The zero-order valence-corrected chi connectivity index (χ0v) is 10.4. The number of carboxylic acids is 1. The molecule has 0 fully saturated rings. The minimum absolute atomic E-state index is 0.159. The van der Waals surface area contributed by atoms with Crippen LogP contribution in [-0.2, 0) is 11.2 Å². The molecule has 1 aromatic heterocycles. The van der Waals surface area contributed by atoms with E-state index in [-0.39, 0.29) is 6.54 Å². The van der Waals surface area contributed by atoms with Gasteiger partial charge in [-0.05, 0) is 6.92 Å². The maximum Gasteiger partial charge on any atom is 0.314 e. The number of aliphatic carboxylic acids is 1. The van der Waals surface area contributed by atoms with Crippen molar-refractivity contribution in [3.63, 3.8) is 0 Å². The minimum Gasteiger partial charge on any atom is -0.481 e. The number of carbonyl (C=O) groups is 2. The van der Waals surface area contributed by atoms with Gasteiger partial charge in [0.15, 0.2) is 5.82 Å². The van der Waals surface area contributed by atoms with Crippen molar-refractivity contribution in [1.29, 1.82) is 0 Å². The number of amides is 2. The molecule has 1 rings (SSSR count). The summed E-state index contributed by atoms with van der Waals surface area (Å²) in [6, 6.07) is -0.505. The van der Waals surface area contributed by atoms with Gasteiger partial charge in [-0.2, -0.15) is 4.98 Å². The largest absolute Gasteiger partial charge is 0.481 e. The first kappa shape index (κ1) is 14.9. The van der Waals surface area contributed by atoms with E-state index in [1.165, 1.54) is 13.3 Å². The fourth-order valence-electron chi connectivity index (χ4n) is 1.31. The van der Waals surface area contributed by atoms with Crippen LogP contribution >= 0.6 is 0 Å². The van der Waals surface area contributed by atoms with Crippen molar-refractivity contribution >= 4 is 12.0 Å². The second kappa shape index (κ2) is 6.69. The topological polar surface area (TPSA) is 138 Å². The lowest BCUT2D eigenvalue weighted by Gasteiger charge is -2.21. The van der Waals surface area contributed by atoms with Gasteiger partial charge in [0.1, 0.15) is 0 Å². The van der Waals surface area contributed by atoms with E-state index in [0.29, 0.717) is 18.8 Å². The number of carboxylic acid groups (broad SMARTS) is 1. The lowest BCUT2D eigenvalue weighted by atomic mass is 10.0. The molecule has 0 radical (unpaired) electrons. The molecule has 19 heavy (non-hydrogen) atoms. The predicted octanol–water partition coefficient (Wildman–Crippen LogP) is -0.863. The lowest BCUT2D eigenvalue weighted by molar-refractivity contribution is -0.141. The second-order valence-electron chi connectivity index (χ2n) is 4.27. The highest BCUT2D eigenvalue weighted by molar-refractivity contribution is 5.74. The summed E-state index contributed by atoms with van der Waals surface area (Å²) in [6.07, 6.45) is 1.16. The average Bonchev–Trinajstić information content (AvgIpc) is 2.78. The van der Waals surface area contributed by atoms with Crippen molar-refractivity contribution in [3.8, 4) is 0 Å². The average molecular weight is 272 g/mol. The van der Waals surface area contributed by atoms with E-state index in [2.05, 4.69) is 25.3 Å². The van der Waals surface area contributed by atoms with Crippen molar-refractivity contribution in [1.82, 2.24) is 20.8 Å². The van der Waals surface area contributed by atoms with E-state index in [1.54, 1.807) is 0 Å². The Labute approximate surface area is 109 Å². The van der Waals surface area contributed by atoms with Crippen LogP contribution in [0.3, 0.4) is 0 Å². The number of aliphatic hydroxyl groups is 1. The molecule has 1 unspecified atom stereocenters. The number of rotatable bonds is 7. The number of carbonyl (C=O) groups excluding carboxylic acids is 1. The Balaban J connectivity index is 2.18. The van der Waals surface area contributed by atoms with Crippen LogP contribution < -0.4 is 10.6 Å². The van der Waals surface area contributed by atoms with Crippen molar-refractivity contribution < 1.29 is 24.3 Å². The molecule has 1 aromatic rings. The molecule has 0 aliphatic carbocycles. The molecule has 0 aliphatic heterocycles. The van der Waals surface area contributed by atoms with Gasteiger partial charge in [-0.25, -0.2) is 4.79 Å². The summed E-state index contributed by atoms with van der Waals surface area (Å²) in [4.78, 5) is 25.6. The third-order valence-corrected chi connectivity index (χ3v) is 2.20. The number of nitrogens with one attached hydrogen (secondary N) is 2. The van der Waals surface area contributed by atoms with Gasteiger partial charge in [-0.3, -0.25) is 4.79 Å². The number of hydrogen-bond acceptors (Lipinski definition) is 6. The fraction of sp³-hybridized carbons (Fsp3) is 0.600. The normalized spacial score (nSPS) is 13.6. The molecule has 9 nitrogen and oxygen atoms in total. The van der Waals surface area contributed by atoms with Crippen LogP contribution in [0.2, 0.25) is 0 Å². The predicted molar refractivity (Wildman–Crippen MR) is 62.3 cm³/mol.